The summed E-state index contributed by atoms with van der Waals surface area (Å²) in [6.45, 7) is 0. The van der Waals surface area contributed by atoms with Crippen LogP contribution in [0.5, 0.6) is 0 Å². The first kappa shape index (κ1) is 19.1. The normalized spacial score (nSPS) is 20.8. The van der Waals surface area contributed by atoms with Crippen molar-refractivity contribution in [3.05, 3.63) is 76.4 Å². The molecule has 0 saturated carbocycles. The van der Waals surface area contributed by atoms with E-state index >= 15 is 0 Å². The van der Waals surface area contributed by atoms with Crippen LogP contribution in [0.3, 0.4) is 0 Å². The molecule has 5 rings (SSSR count). The maximum absolute atomic E-state index is 14.7. The molecule has 6 nitrogen and oxygen atoms in total. The minimum Gasteiger partial charge on any atom is -0.282 e. The lowest BCUT2D eigenvalue weighted by Crippen LogP contribution is -2.38. The van der Waals surface area contributed by atoms with Crippen molar-refractivity contribution < 1.29 is 30.4 Å². The Morgan fingerprint density at radius 1 is 1.03 bits per heavy atom. The van der Waals surface area contributed by atoms with Gasteiger partial charge in [0.05, 0.1) is 18.3 Å². The number of rotatable bonds is 2. The predicted molar refractivity (Wildman–Crippen MR) is 91.5 cm³/mol. The minimum absolute atomic E-state index is 0.00645. The van der Waals surface area contributed by atoms with Crippen LogP contribution in [0, 0.1) is 11.6 Å². The summed E-state index contributed by atoms with van der Waals surface area (Å²) in [4.78, 5) is 2.69. The van der Waals surface area contributed by atoms with Crippen LogP contribution in [0.15, 0.2) is 41.6 Å². The molecule has 30 heavy (non-hydrogen) atoms. The topological polar surface area (TPSA) is 79.0 Å². The van der Waals surface area contributed by atoms with Crippen molar-refractivity contribution in [1.82, 2.24) is 19.5 Å². The number of halogens is 5. The van der Waals surface area contributed by atoms with Gasteiger partial charge in [0.1, 0.15) is 22.2 Å². The van der Waals surface area contributed by atoms with Gasteiger partial charge in [-0.25, -0.2) is 17.2 Å². The third-order valence-electron chi connectivity index (χ3n) is 5.39. The molecule has 0 saturated heterocycles. The number of alkyl halides is 3. The number of hydrogen-bond acceptors (Lipinski definition) is 4. The zero-order chi connectivity index (χ0) is 21.4. The number of aromatic amines is 1. The maximum Gasteiger partial charge on any atom is 0.433 e. The number of fused-ring (bicyclic) bond motifs is 7. The zero-order valence-corrected chi connectivity index (χ0v) is 15.6. The summed E-state index contributed by atoms with van der Waals surface area (Å²) in [6, 6.07) is 0.894. The summed E-state index contributed by atoms with van der Waals surface area (Å²) in [5, 5.41) is 6.59. The summed E-state index contributed by atoms with van der Waals surface area (Å²) in [6.07, 6.45) is -2.80. The minimum atomic E-state index is -4.74. The lowest BCUT2D eigenvalue weighted by molar-refractivity contribution is -0.141. The van der Waals surface area contributed by atoms with E-state index in [1.165, 1.54) is 6.20 Å². The first-order valence-corrected chi connectivity index (χ1v) is 10.1. The Morgan fingerprint density at radius 2 is 1.73 bits per heavy atom. The zero-order valence-electron chi connectivity index (χ0n) is 14.8. The molecule has 0 fully saturated rings. The van der Waals surface area contributed by atoms with Crippen LogP contribution >= 0.6 is 0 Å². The molecule has 2 atom stereocenters. The standard InChI is InChI=1S/C18H11F5N4O2S/c19-10-2-3-11(20)16-15(10)13-5-12-9(7-25-26-12)17(16)27(13)30(28,29)8-1-4-14(24-6-8)18(21,22)23/h1-4,6-7,13,17H,5H2,(H,25,26)/t13-,17+/m1/s1. The molecule has 156 valence electrons. The van der Waals surface area contributed by atoms with Gasteiger partial charge in [0.2, 0.25) is 10.0 Å². The molecule has 0 unspecified atom stereocenters. The molecule has 2 aliphatic rings. The van der Waals surface area contributed by atoms with E-state index in [4.69, 9.17) is 0 Å². The number of nitrogens with one attached hydrogen (secondary N) is 1. The van der Waals surface area contributed by atoms with Gasteiger partial charge >= 0.3 is 6.18 Å². The highest BCUT2D eigenvalue weighted by Crippen LogP contribution is 2.55. The van der Waals surface area contributed by atoms with Crippen molar-refractivity contribution in [3.63, 3.8) is 0 Å². The Labute approximate surface area is 166 Å². The Bertz CT molecular complexity index is 1270. The summed E-state index contributed by atoms with van der Waals surface area (Å²) < 4.78 is 95.3. The summed E-state index contributed by atoms with van der Waals surface area (Å²) in [5.41, 5.74) is -0.563. The lowest BCUT2D eigenvalue weighted by Gasteiger charge is -2.33. The molecule has 0 spiro atoms. The monoisotopic (exact) mass is 442 g/mol. The Hall–Kier alpha value is -2.86. The quantitative estimate of drug-likeness (QED) is 0.617. The highest BCUT2D eigenvalue weighted by atomic mass is 32.2. The molecule has 4 heterocycles. The van der Waals surface area contributed by atoms with Crippen molar-refractivity contribution in [2.75, 3.05) is 0 Å². The molecule has 1 N–H and O–H groups in total. The molecular weight excluding hydrogens is 431 g/mol. The number of pyridine rings is 1. The number of hydrogen-bond donors (Lipinski definition) is 1. The van der Waals surface area contributed by atoms with E-state index in [0.717, 1.165) is 22.5 Å². The van der Waals surface area contributed by atoms with E-state index in [2.05, 4.69) is 15.2 Å². The molecule has 0 radical (unpaired) electrons. The number of nitrogens with zero attached hydrogens (tertiary/aromatic N) is 3. The summed E-state index contributed by atoms with van der Waals surface area (Å²) in [7, 11) is -4.45. The SMILES string of the molecule is O=S(=O)(c1ccc(C(F)(F)F)nc1)N1[C@H]2c3cn[nH]c3C[C@@H]1c1c(F)ccc(F)c12. The van der Waals surface area contributed by atoms with Crippen LogP contribution in [-0.4, -0.2) is 27.9 Å². The van der Waals surface area contributed by atoms with Gasteiger partial charge in [-0.1, -0.05) is 0 Å². The van der Waals surface area contributed by atoms with Gasteiger partial charge in [-0.05, 0) is 24.3 Å². The summed E-state index contributed by atoms with van der Waals surface area (Å²) in [5.74, 6) is -1.54. The van der Waals surface area contributed by atoms with Gasteiger partial charge in [0.15, 0.2) is 0 Å². The molecular formula is C18H11F5N4O2S. The van der Waals surface area contributed by atoms with Crippen LogP contribution in [-0.2, 0) is 22.6 Å². The van der Waals surface area contributed by atoms with Crippen LogP contribution < -0.4 is 0 Å². The van der Waals surface area contributed by atoms with E-state index in [1.54, 1.807) is 0 Å². The third kappa shape index (κ3) is 2.53. The van der Waals surface area contributed by atoms with Gasteiger partial charge in [0, 0.05) is 35.0 Å². The van der Waals surface area contributed by atoms with Crippen molar-refractivity contribution in [2.45, 2.75) is 29.6 Å². The van der Waals surface area contributed by atoms with Crippen molar-refractivity contribution in [3.8, 4) is 0 Å². The first-order valence-electron chi connectivity index (χ1n) is 8.67. The second kappa shape index (κ2) is 6.08. The first-order chi connectivity index (χ1) is 14.1. The number of sulfonamides is 1. The molecule has 3 aromatic rings. The van der Waals surface area contributed by atoms with Crippen molar-refractivity contribution >= 4 is 10.0 Å². The highest BCUT2D eigenvalue weighted by molar-refractivity contribution is 7.89. The molecule has 0 aliphatic carbocycles. The number of aromatic nitrogens is 3. The molecule has 2 aliphatic heterocycles. The smallest absolute Gasteiger partial charge is 0.282 e. The molecule has 0 amide bonds. The van der Waals surface area contributed by atoms with E-state index in [0.29, 0.717) is 23.5 Å². The second-order valence-corrected chi connectivity index (χ2v) is 8.84. The third-order valence-corrected chi connectivity index (χ3v) is 7.25. The predicted octanol–water partition coefficient (Wildman–Crippen LogP) is 3.49. The molecule has 12 heteroatoms. The van der Waals surface area contributed by atoms with Gasteiger partial charge in [0.25, 0.3) is 0 Å². The lowest BCUT2D eigenvalue weighted by atomic mass is 10.00. The van der Waals surface area contributed by atoms with E-state index in [-0.39, 0.29) is 17.5 Å². The average Bonchev–Trinajstić information content (AvgIpc) is 3.26. The fourth-order valence-electron chi connectivity index (χ4n) is 4.16. The Balaban J connectivity index is 1.68. The molecule has 2 aromatic heterocycles. The van der Waals surface area contributed by atoms with Crippen LogP contribution in [0.2, 0.25) is 0 Å². The highest BCUT2D eigenvalue weighted by Gasteiger charge is 2.53. The summed E-state index contributed by atoms with van der Waals surface area (Å²) >= 11 is 0. The van der Waals surface area contributed by atoms with Gasteiger partial charge in [-0.15, -0.1) is 0 Å². The van der Waals surface area contributed by atoms with Crippen LogP contribution in [0.4, 0.5) is 22.0 Å². The van der Waals surface area contributed by atoms with E-state index in [1.807, 2.05) is 0 Å². The van der Waals surface area contributed by atoms with Crippen molar-refractivity contribution in [2.24, 2.45) is 0 Å². The Kier molecular flexibility index (Phi) is 3.87. The van der Waals surface area contributed by atoms with Crippen LogP contribution in [0.25, 0.3) is 0 Å². The fraction of sp³-hybridized carbons (Fsp3) is 0.222. The van der Waals surface area contributed by atoms with Crippen molar-refractivity contribution in [1.29, 1.82) is 0 Å². The maximum atomic E-state index is 14.7. The van der Waals surface area contributed by atoms with Gasteiger partial charge < -0.3 is 0 Å². The number of H-pyrrole nitrogens is 1. The molecule has 1 aromatic carbocycles. The Morgan fingerprint density at radius 3 is 2.37 bits per heavy atom. The largest absolute Gasteiger partial charge is 0.433 e. The van der Waals surface area contributed by atoms with Crippen LogP contribution in [0.1, 0.15) is 40.2 Å². The van der Waals surface area contributed by atoms with E-state index in [9.17, 15) is 30.4 Å². The van der Waals surface area contributed by atoms with Gasteiger partial charge in [-0.3, -0.25) is 10.1 Å². The van der Waals surface area contributed by atoms with E-state index < -0.39 is 50.5 Å². The molecule has 2 bridgehead atoms. The van der Waals surface area contributed by atoms with Gasteiger partial charge in [-0.2, -0.15) is 22.6 Å². The second-order valence-electron chi connectivity index (χ2n) is 6.99. The fourth-order valence-corrected chi connectivity index (χ4v) is 5.84. The number of benzene rings is 1. The average molecular weight is 442 g/mol.